The molecule has 1 N–H and O–H groups in total. The molecule has 1 nitrogen and oxygen atoms in total. The predicted octanol–water partition coefficient (Wildman–Crippen LogP) is 0.835. The zero-order chi connectivity index (χ0) is 3.58. The smallest absolute Gasteiger partial charge is 0.0483 e. The Hall–Kier alpha value is 0.882. The maximum Gasteiger partial charge on any atom is 0.0483 e. The van der Waals surface area contributed by atoms with Crippen LogP contribution in [-0.2, 0) is 27.3 Å². The molecule has 36 valence electrons. The molecule has 0 atom stereocenters. The molecule has 0 aromatic heterocycles. The average molecular weight is 188 g/mol. The van der Waals surface area contributed by atoms with Gasteiger partial charge in [-0.3, -0.25) is 0 Å². The molecule has 0 aliphatic heterocycles. The van der Waals surface area contributed by atoms with Crippen LogP contribution in [0.3, 0.4) is 0 Å². The van der Waals surface area contributed by atoms with Crippen LogP contribution in [0.25, 0.3) is 0 Å². The molecule has 0 rings (SSSR count). The molecule has 0 aromatic carbocycles. The molecule has 0 spiro atoms. The largest absolute Gasteiger partial charge is 0.394 e. The van der Waals surface area contributed by atoms with Crippen molar-refractivity contribution in [1.82, 2.24) is 0 Å². The Balaban J connectivity index is -0.0000000450. The van der Waals surface area contributed by atoms with Crippen molar-refractivity contribution < 1.29 is 32.4 Å². The van der Waals surface area contributed by atoms with Gasteiger partial charge in [-0.2, -0.15) is 0 Å². The summed E-state index contributed by atoms with van der Waals surface area (Å²) < 4.78 is 0. The average Bonchev–Trinajstić information content (AvgIpc) is 0.811. The minimum absolute atomic E-state index is 0. The summed E-state index contributed by atoms with van der Waals surface area (Å²) in [6.45, 7) is 3.44. The van der Waals surface area contributed by atoms with E-state index < -0.39 is 0 Å². The van der Waals surface area contributed by atoms with Crippen molar-refractivity contribution in [1.29, 1.82) is 0 Å². The first-order chi connectivity index (χ1) is 1.73. The Morgan fingerprint density at radius 1 is 1.33 bits per heavy atom. The van der Waals surface area contributed by atoms with Crippen LogP contribution < -0.4 is 0 Å². The van der Waals surface area contributed by atoms with Crippen molar-refractivity contribution in [3.8, 4) is 0 Å². The van der Waals surface area contributed by atoms with E-state index in [2.05, 4.69) is 0 Å². The van der Waals surface area contributed by atoms with E-state index in [1.807, 2.05) is 0 Å². The van der Waals surface area contributed by atoms with E-state index >= 15 is 0 Å². The molecule has 0 amide bonds. The van der Waals surface area contributed by atoms with Gasteiger partial charge in [-0.25, -0.2) is 0 Å². The van der Waals surface area contributed by atoms with Crippen molar-refractivity contribution in [3.63, 3.8) is 0 Å². The van der Waals surface area contributed by atoms with E-state index in [-0.39, 0.29) is 40.8 Å². The molecule has 0 radical (unpaired) electrons. The fourth-order valence-electron chi connectivity index (χ4n) is 0. The maximum absolute atomic E-state index is 8.06. The van der Waals surface area contributed by atoms with Gasteiger partial charge in [0.25, 0.3) is 0 Å². The molecule has 6 heavy (non-hydrogen) atoms. The van der Waals surface area contributed by atoms with E-state index in [9.17, 15) is 0 Å². The van der Waals surface area contributed by atoms with Crippen LogP contribution >= 0.6 is 0 Å². The monoisotopic (exact) mass is 189 g/mol. The summed E-state index contributed by atoms with van der Waals surface area (Å²) in [6, 6.07) is 0. The molecule has 0 unspecified atom stereocenters. The minimum atomic E-state index is -0.167. The fraction of sp³-hybridized carbons (Fsp3) is 0.750. The second-order valence-corrected chi connectivity index (χ2v) is 1.09. The third kappa shape index (κ3) is 94.6. The Morgan fingerprint density at radius 2 is 1.33 bits per heavy atom. The van der Waals surface area contributed by atoms with Gasteiger partial charge < -0.3 is 12.5 Å². The van der Waals surface area contributed by atoms with Crippen molar-refractivity contribution in [3.05, 3.63) is 7.43 Å². The summed E-state index contributed by atoms with van der Waals surface area (Å²) in [4.78, 5) is 0. The number of rotatable bonds is 0. The number of aliphatic hydroxyl groups excluding tert-OH is 1. The molecule has 2 heteroatoms. The van der Waals surface area contributed by atoms with Crippen LogP contribution in [-0.4, -0.2) is 11.2 Å². The van der Waals surface area contributed by atoms with Crippen molar-refractivity contribution in [2.75, 3.05) is 0 Å². The van der Waals surface area contributed by atoms with Crippen molar-refractivity contribution in [2.45, 2.75) is 20.0 Å². The minimum Gasteiger partial charge on any atom is -0.394 e. The van der Waals surface area contributed by atoms with Gasteiger partial charge in [0.05, 0.1) is 0 Å². The van der Waals surface area contributed by atoms with Crippen LogP contribution in [0.15, 0.2) is 0 Å². The standard InChI is InChI=1S/C3H8O.CH3.Cd/c1-3(2)4;;/h3-4H,1-2H3;1H3;/q;-1;. The van der Waals surface area contributed by atoms with Gasteiger partial charge in [0.2, 0.25) is 0 Å². The second-order valence-electron chi connectivity index (χ2n) is 1.09. The van der Waals surface area contributed by atoms with Crippen LogP contribution in [0.4, 0.5) is 0 Å². The molecular formula is C4H11CdO-. The molecule has 0 saturated heterocycles. The summed E-state index contributed by atoms with van der Waals surface area (Å²) in [5.41, 5.74) is 0. The zero-order valence-electron chi connectivity index (χ0n) is 4.73. The molecule has 0 saturated carbocycles. The second kappa shape index (κ2) is 9.30. The first kappa shape index (κ1) is 15.8. The van der Waals surface area contributed by atoms with Gasteiger partial charge >= 0.3 is 0 Å². The SMILES string of the molecule is CC(C)O.[CH3-].[Cd]. The van der Waals surface area contributed by atoms with Crippen molar-refractivity contribution >= 4 is 0 Å². The van der Waals surface area contributed by atoms with Crippen LogP contribution in [0.5, 0.6) is 0 Å². The normalized spacial score (nSPS) is 6.00. The van der Waals surface area contributed by atoms with E-state index in [4.69, 9.17) is 5.11 Å². The zero-order valence-corrected chi connectivity index (χ0v) is 8.77. The predicted molar refractivity (Wildman–Crippen MR) is 23.8 cm³/mol. The molecule has 0 bridgehead atoms. The molecule has 0 aromatic rings. The number of hydrogen-bond acceptors (Lipinski definition) is 1. The first-order valence-corrected chi connectivity index (χ1v) is 1.41. The Bertz CT molecular complexity index is 12.3. The fourth-order valence-corrected chi connectivity index (χ4v) is 0. The van der Waals surface area contributed by atoms with Gasteiger partial charge in [-0.1, -0.05) is 0 Å². The molecule has 0 heterocycles. The summed E-state index contributed by atoms with van der Waals surface area (Å²) in [7, 11) is 0. The van der Waals surface area contributed by atoms with E-state index in [1.165, 1.54) is 0 Å². The van der Waals surface area contributed by atoms with Crippen LogP contribution in [0, 0.1) is 7.43 Å². The third-order valence-corrected chi connectivity index (χ3v) is 0. The number of hydrogen-bond donors (Lipinski definition) is 1. The number of aliphatic hydroxyl groups is 1. The van der Waals surface area contributed by atoms with Gasteiger partial charge in [0, 0.05) is 33.4 Å². The van der Waals surface area contributed by atoms with Crippen LogP contribution in [0.2, 0.25) is 0 Å². The summed E-state index contributed by atoms with van der Waals surface area (Å²) in [5, 5.41) is 8.06. The Labute approximate surface area is 59.9 Å². The summed E-state index contributed by atoms with van der Waals surface area (Å²) in [6.07, 6.45) is -0.167. The van der Waals surface area contributed by atoms with Gasteiger partial charge in [-0.15, -0.1) is 0 Å². The topological polar surface area (TPSA) is 20.2 Å². The van der Waals surface area contributed by atoms with Gasteiger partial charge in [0.1, 0.15) is 0 Å². The summed E-state index contributed by atoms with van der Waals surface area (Å²) in [5.74, 6) is 0. The van der Waals surface area contributed by atoms with Crippen molar-refractivity contribution in [2.24, 2.45) is 0 Å². The van der Waals surface area contributed by atoms with E-state index in [1.54, 1.807) is 13.8 Å². The molecule has 0 aliphatic rings. The molecule has 0 fully saturated rings. The van der Waals surface area contributed by atoms with Crippen LogP contribution in [0.1, 0.15) is 13.8 Å². The van der Waals surface area contributed by atoms with E-state index in [0.717, 1.165) is 0 Å². The maximum atomic E-state index is 8.06. The molecule has 0 aliphatic carbocycles. The Kier molecular flexibility index (Phi) is 24.5. The Morgan fingerprint density at radius 3 is 1.33 bits per heavy atom. The van der Waals surface area contributed by atoms with Gasteiger partial charge in [-0.05, 0) is 13.8 Å². The van der Waals surface area contributed by atoms with E-state index in [0.29, 0.717) is 0 Å². The van der Waals surface area contributed by atoms with Gasteiger partial charge in [0.15, 0.2) is 0 Å². The quantitative estimate of drug-likeness (QED) is 0.440. The first-order valence-electron chi connectivity index (χ1n) is 1.41. The molecular weight excluding hydrogens is 176 g/mol. The third-order valence-electron chi connectivity index (χ3n) is 0. The summed E-state index contributed by atoms with van der Waals surface area (Å²) >= 11 is 0.